The molecule has 0 aliphatic carbocycles. The third-order valence-corrected chi connectivity index (χ3v) is 4.30. The molecule has 3 N–H and O–H groups in total. The summed E-state index contributed by atoms with van der Waals surface area (Å²) in [4.78, 5) is 35.5. The number of hydrogen-bond acceptors (Lipinski definition) is 3. The van der Waals surface area contributed by atoms with E-state index in [1.807, 2.05) is 19.1 Å². The zero-order valence-electron chi connectivity index (χ0n) is 14.8. The number of amides is 3. The van der Waals surface area contributed by atoms with E-state index < -0.39 is 0 Å². The molecule has 26 heavy (non-hydrogen) atoms. The number of rotatable bonds is 3. The average Bonchev–Trinajstić information content (AvgIpc) is 2.77. The highest BCUT2D eigenvalue weighted by Crippen LogP contribution is 2.25. The second kappa shape index (κ2) is 7.39. The molecule has 0 saturated heterocycles. The number of fused-ring (bicyclic) bond motifs is 1. The largest absolute Gasteiger partial charge is 0.326 e. The smallest absolute Gasteiger partial charge is 0.255 e. The summed E-state index contributed by atoms with van der Waals surface area (Å²) in [5.41, 5.74) is 4.44. The summed E-state index contributed by atoms with van der Waals surface area (Å²) >= 11 is 0. The maximum atomic E-state index is 12.7. The van der Waals surface area contributed by atoms with Crippen LogP contribution >= 0.6 is 0 Å². The van der Waals surface area contributed by atoms with Gasteiger partial charge in [-0.3, -0.25) is 14.4 Å². The summed E-state index contributed by atoms with van der Waals surface area (Å²) in [6.45, 7) is 3.33. The molecular weight excluding hydrogens is 330 g/mol. The Labute approximate surface area is 152 Å². The number of benzene rings is 2. The van der Waals surface area contributed by atoms with Crippen molar-refractivity contribution in [1.82, 2.24) is 0 Å². The topological polar surface area (TPSA) is 87.3 Å². The Morgan fingerprint density at radius 2 is 1.85 bits per heavy atom. The minimum Gasteiger partial charge on any atom is -0.326 e. The number of nitrogens with one attached hydrogen (secondary N) is 3. The van der Waals surface area contributed by atoms with E-state index in [9.17, 15) is 14.4 Å². The van der Waals surface area contributed by atoms with E-state index in [1.54, 1.807) is 24.3 Å². The Kier molecular flexibility index (Phi) is 5.02. The van der Waals surface area contributed by atoms with Crippen molar-refractivity contribution >= 4 is 34.8 Å². The van der Waals surface area contributed by atoms with Crippen LogP contribution in [0.2, 0.25) is 0 Å². The van der Waals surface area contributed by atoms with E-state index in [1.165, 1.54) is 6.92 Å². The van der Waals surface area contributed by atoms with Crippen LogP contribution < -0.4 is 16.0 Å². The second-order valence-electron chi connectivity index (χ2n) is 6.44. The van der Waals surface area contributed by atoms with E-state index >= 15 is 0 Å². The van der Waals surface area contributed by atoms with Crippen LogP contribution in [-0.4, -0.2) is 17.7 Å². The summed E-state index contributed by atoms with van der Waals surface area (Å²) in [6.07, 6.45) is 2.01. The van der Waals surface area contributed by atoms with Crippen LogP contribution in [0.25, 0.3) is 0 Å². The molecule has 1 aliphatic heterocycles. The lowest BCUT2D eigenvalue weighted by Gasteiger charge is -2.13. The van der Waals surface area contributed by atoms with Crippen LogP contribution in [0.15, 0.2) is 36.4 Å². The first-order chi connectivity index (χ1) is 12.4. The third-order valence-electron chi connectivity index (χ3n) is 4.30. The summed E-state index contributed by atoms with van der Waals surface area (Å²) < 4.78 is 0. The van der Waals surface area contributed by atoms with Gasteiger partial charge in [0.2, 0.25) is 11.8 Å². The van der Waals surface area contributed by atoms with Gasteiger partial charge in [-0.2, -0.15) is 0 Å². The summed E-state index contributed by atoms with van der Waals surface area (Å²) in [5, 5.41) is 8.46. The van der Waals surface area contributed by atoms with Crippen molar-refractivity contribution in [3.63, 3.8) is 0 Å². The number of carbonyl (C=O) groups is 3. The van der Waals surface area contributed by atoms with Crippen molar-refractivity contribution in [2.24, 2.45) is 0 Å². The highest BCUT2D eigenvalue weighted by Gasteiger charge is 2.16. The van der Waals surface area contributed by atoms with Gasteiger partial charge in [0.25, 0.3) is 5.91 Å². The monoisotopic (exact) mass is 351 g/mol. The molecule has 0 aromatic heterocycles. The van der Waals surface area contributed by atoms with Gasteiger partial charge in [0.15, 0.2) is 0 Å². The maximum Gasteiger partial charge on any atom is 0.255 e. The molecule has 134 valence electrons. The molecule has 1 heterocycles. The standard InChI is InChI=1S/C20H21N3O3/c1-12-6-8-16(21-13(2)24)11-18(12)23-20(26)15-7-9-17-14(10-15)4-3-5-19(25)22-17/h6-11H,3-5H2,1-2H3,(H,21,24)(H,22,25)(H,23,26). The number of hydrogen-bond donors (Lipinski definition) is 3. The first kappa shape index (κ1) is 17.7. The fourth-order valence-electron chi connectivity index (χ4n) is 2.95. The molecule has 0 unspecified atom stereocenters. The Bertz CT molecular complexity index is 890. The first-order valence-corrected chi connectivity index (χ1v) is 8.55. The van der Waals surface area contributed by atoms with E-state index in [-0.39, 0.29) is 17.7 Å². The first-order valence-electron chi connectivity index (χ1n) is 8.55. The van der Waals surface area contributed by atoms with Crippen molar-refractivity contribution in [2.45, 2.75) is 33.1 Å². The van der Waals surface area contributed by atoms with Gasteiger partial charge in [-0.25, -0.2) is 0 Å². The van der Waals surface area contributed by atoms with Crippen molar-refractivity contribution in [3.8, 4) is 0 Å². The molecule has 0 bridgehead atoms. The summed E-state index contributed by atoms with van der Waals surface area (Å²) in [6, 6.07) is 10.7. The third kappa shape index (κ3) is 4.08. The van der Waals surface area contributed by atoms with Crippen LogP contribution in [0.3, 0.4) is 0 Å². The summed E-state index contributed by atoms with van der Waals surface area (Å²) in [7, 11) is 0. The number of carbonyl (C=O) groups excluding carboxylic acids is 3. The van der Waals surface area contributed by atoms with Crippen LogP contribution in [0, 0.1) is 6.92 Å². The lowest BCUT2D eigenvalue weighted by molar-refractivity contribution is -0.116. The van der Waals surface area contributed by atoms with Gasteiger partial charge in [0.1, 0.15) is 0 Å². The average molecular weight is 351 g/mol. The van der Waals surface area contributed by atoms with Gasteiger partial charge in [0, 0.05) is 36.0 Å². The molecule has 0 fully saturated rings. The van der Waals surface area contributed by atoms with Crippen LogP contribution in [-0.2, 0) is 16.0 Å². The number of aryl methyl sites for hydroxylation is 2. The Morgan fingerprint density at radius 3 is 2.62 bits per heavy atom. The summed E-state index contributed by atoms with van der Waals surface area (Å²) in [5.74, 6) is -0.392. The van der Waals surface area contributed by atoms with Gasteiger partial charge >= 0.3 is 0 Å². The maximum absolute atomic E-state index is 12.7. The minimum atomic E-state index is -0.230. The lowest BCUT2D eigenvalue weighted by atomic mass is 10.0. The van der Waals surface area contributed by atoms with Gasteiger partial charge in [-0.1, -0.05) is 6.07 Å². The lowest BCUT2D eigenvalue weighted by Crippen LogP contribution is -2.14. The molecule has 6 nitrogen and oxygen atoms in total. The number of anilines is 3. The Hall–Kier alpha value is -3.15. The van der Waals surface area contributed by atoms with Gasteiger partial charge in [0.05, 0.1) is 0 Å². The minimum absolute atomic E-state index is 0.00589. The predicted octanol–water partition coefficient (Wildman–Crippen LogP) is 3.48. The molecule has 2 aromatic rings. The fourth-order valence-corrected chi connectivity index (χ4v) is 2.95. The highest BCUT2D eigenvalue weighted by molar-refractivity contribution is 6.06. The zero-order valence-corrected chi connectivity index (χ0v) is 14.8. The molecule has 0 atom stereocenters. The van der Waals surface area contributed by atoms with Crippen LogP contribution in [0.4, 0.5) is 17.1 Å². The molecular formula is C20H21N3O3. The second-order valence-corrected chi connectivity index (χ2v) is 6.44. The van der Waals surface area contributed by atoms with Crippen molar-refractivity contribution < 1.29 is 14.4 Å². The molecule has 0 spiro atoms. The van der Waals surface area contributed by atoms with Gasteiger partial charge < -0.3 is 16.0 Å². The van der Waals surface area contributed by atoms with Crippen molar-refractivity contribution in [1.29, 1.82) is 0 Å². The van der Waals surface area contributed by atoms with Crippen molar-refractivity contribution in [3.05, 3.63) is 53.1 Å². The quantitative estimate of drug-likeness (QED) is 0.791. The molecule has 0 saturated carbocycles. The fraction of sp³-hybridized carbons (Fsp3) is 0.250. The van der Waals surface area contributed by atoms with E-state index in [0.29, 0.717) is 23.4 Å². The Morgan fingerprint density at radius 1 is 1.04 bits per heavy atom. The Balaban J connectivity index is 1.81. The molecule has 2 aromatic carbocycles. The normalized spacial score (nSPS) is 13.2. The van der Waals surface area contributed by atoms with E-state index in [0.717, 1.165) is 29.7 Å². The van der Waals surface area contributed by atoms with E-state index in [4.69, 9.17) is 0 Å². The molecule has 3 rings (SSSR count). The van der Waals surface area contributed by atoms with Crippen molar-refractivity contribution in [2.75, 3.05) is 16.0 Å². The molecule has 6 heteroatoms. The molecule has 0 radical (unpaired) electrons. The SMILES string of the molecule is CC(=O)Nc1ccc(C)c(NC(=O)c2ccc3c(c2)CCCC(=O)N3)c1. The van der Waals surface area contributed by atoms with Crippen LogP contribution in [0.1, 0.15) is 41.3 Å². The van der Waals surface area contributed by atoms with Gasteiger partial charge in [-0.15, -0.1) is 0 Å². The van der Waals surface area contributed by atoms with E-state index in [2.05, 4.69) is 16.0 Å². The predicted molar refractivity (Wildman–Crippen MR) is 101 cm³/mol. The zero-order chi connectivity index (χ0) is 18.7. The highest BCUT2D eigenvalue weighted by atomic mass is 16.2. The van der Waals surface area contributed by atoms with Crippen LogP contribution in [0.5, 0.6) is 0 Å². The molecule has 3 amide bonds. The molecule has 1 aliphatic rings. The van der Waals surface area contributed by atoms with Gasteiger partial charge in [-0.05, 0) is 61.2 Å².